The third kappa shape index (κ3) is 4.01. The highest BCUT2D eigenvalue weighted by atomic mass is 32.2. The van der Waals surface area contributed by atoms with Gasteiger partial charge in [0.15, 0.2) is 5.82 Å². The van der Waals surface area contributed by atoms with Gasteiger partial charge in [-0.3, -0.25) is 9.78 Å². The first kappa shape index (κ1) is 15.4. The van der Waals surface area contributed by atoms with Crippen LogP contribution in [-0.4, -0.2) is 32.9 Å². The predicted octanol–water partition coefficient (Wildman–Crippen LogP) is 2.39. The summed E-state index contributed by atoms with van der Waals surface area (Å²) in [5.41, 5.74) is 2.73. The molecule has 0 unspecified atom stereocenters. The number of rotatable bonds is 5. The zero-order chi connectivity index (χ0) is 15.2. The number of carbonyl (C=O) groups excluding carboxylic acids is 1. The van der Waals surface area contributed by atoms with Gasteiger partial charge in [-0.1, -0.05) is 0 Å². The largest absolute Gasteiger partial charge is 0.349 e. The second-order valence-electron chi connectivity index (χ2n) is 4.69. The molecule has 1 N–H and O–H groups in total. The lowest BCUT2D eigenvalue weighted by atomic mass is 10.1. The SMILES string of the molecule is CSCC(=O)N[C@H](C)c1cnc(-c2ccncc2)nc1C. The van der Waals surface area contributed by atoms with Gasteiger partial charge >= 0.3 is 0 Å². The predicted molar refractivity (Wildman–Crippen MR) is 84.9 cm³/mol. The van der Waals surface area contributed by atoms with E-state index in [1.807, 2.05) is 32.2 Å². The van der Waals surface area contributed by atoms with Gasteiger partial charge in [-0.2, -0.15) is 11.8 Å². The van der Waals surface area contributed by atoms with Crippen LogP contribution >= 0.6 is 11.8 Å². The minimum Gasteiger partial charge on any atom is -0.349 e. The molecule has 110 valence electrons. The summed E-state index contributed by atoms with van der Waals surface area (Å²) in [5, 5.41) is 2.95. The highest BCUT2D eigenvalue weighted by molar-refractivity contribution is 7.99. The van der Waals surface area contributed by atoms with Crippen molar-refractivity contribution in [3.8, 4) is 11.4 Å². The van der Waals surface area contributed by atoms with Crippen molar-refractivity contribution in [2.45, 2.75) is 19.9 Å². The second kappa shape index (κ2) is 7.17. The molecule has 0 bridgehead atoms. The van der Waals surface area contributed by atoms with Crippen LogP contribution in [0.15, 0.2) is 30.7 Å². The van der Waals surface area contributed by atoms with Crippen molar-refractivity contribution >= 4 is 17.7 Å². The first-order valence-corrected chi connectivity index (χ1v) is 8.03. The molecule has 0 aliphatic rings. The Kier molecular flexibility index (Phi) is 5.27. The summed E-state index contributed by atoms with van der Waals surface area (Å²) in [5.74, 6) is 1.15. The molecule has 0 aliphatic carbocycles. The van der Waals surface area contributed by atoms with Crippen molar-refractivity contribution in [1.29, 1.82) is 0 Å². The summed E-state index contributed by atoms with van der Waals surface area (Å²) in [6.45, 7) is 3.87. The molecule has 21 heavy (non-hydrogen) atoms. The molecule has 1 amide bonds. The average molecular weight is 302 g/mol. The molecule has 0 aliphatic heterocycles. The van der Waals surface area contributed by atoms with E-state index >= 15 is 0 Å². The van der Waals surface area contributed by atoms with Crippen LogP contribution in [0.2, 0.25) is 0 Å². The Bertz CT molecular complexity index is 618. The molecule has 5 nitrogen and oxygen atoms in total. The van der Waals surface area contributed by atoms with Gasteiger partial charge in [-0.05, 0) is 32.2 Å². The molecule has 0 saturated heterocycles. The fourth-order valence-electron chi connectivity index (χ4n) is 2.03. The average Bonchev–Trinajstić information content (AvgIpc) is 2.48. The van der Waals surface area contributed by atoms with Gasteiger partial charge in [0.2, 0.25) is 5.91 Å². The van der Waals surface area contributed by atoms with E-state index < -0.39 is 0 Å². The van der Waals surface area contributed by atoms with Crippen molar-refractivity contribution < 1.29 is 4.79 Å². The second-order valence-corrected chi connectivity index (χ2v) is 5.56. The highest BCUT2D eigenvalue weighted by Crippen LogP contribution is 2.19. The summed E-state index contributed by atoms with van der Waals surface area (Å²) in [6, 6.07) is 3.65. The molecule has 0 aromatic carbocycles. The van der Waals surface area contributed by atoms with Crippen LogP contribution in [0.1, 0.15) is 24.2 Å². The standard InChI is InChI=1S/C15H18N4OS/c1-10(18-14(20)9-21-3)13-8-17-15(19-11(13)2)12-4-6-16-7-5-12/h4-8,10H,9H2,1-3H3,(H,18,20)/t10-/m1/s1. The number of hydrogen-bond acceptors (Lipinski definition) is 5. The van der Waals surface area contributed by atoms with Crippen LogP contribution in [0.4, 0.5) is 0 Å². The number of hydrogen-bond donors (Lipinski definition) is 1. The molecule has 0 spiro atoms. The van der Waals surface area contributed by atoms with Crippen LogP contribution in [-0.2, 0) is 4.79 Å². The molecule has 0 saturated carbocycles. The smallest absolute Gasteiger partial charge is 0.230 e. The lowest BCUT2D eigenvalue weighted by Gasteiger charge is -2.16. The summed E-state index contributed by atoms with van der Waals surface area (Å²) < 4.78 is 0. The quantitative estimate of drug-likeness (QED) is 0.918. The molecule has 1 atom stereocenters. The van der Waals surface area contributed by atoms with E-state index in [9.17, 15) is 4.79 Å². The van der Waals surface area contributed by atoms with Crippen molar-refractivity contribution in [1.82, 2.24) is 20.3 Å². The van der Waals surface area contributed by atoms with Gasteiger partial charge < -0.3 is 5.32 Å². The number of carbonyl (C=O) groups is 1. The third-order valence-corrected chi connectivity index (χ3v) is 3.63. The topological polar surface area (TPSA) is 67.8 Å². The Labute approximate surface area is 128 Å². The Balaban J connectivity index is 2.18. The van der Waals surface area contributed by atoms with Gasteiger partial charge in [-0.25, -0.2) is 9.97 Å². The zero-order valence-corrected chi connectivity index (χ0v) is 13.1. The monoisotopic (exact) mass is 302 g/mol. The number of aryl methyl sites for hydroxylation is 1. The van der Waals surface area contributed by atoms with E-state index in [0.717, 1.165) is 16.8 Å². The fourth-order valence-corrected chi connectivity index (χ4v) is 2.38. The molecule has 0 fully saturated rings. The van der Waals surface area contributed by atoms with Crippen molar-refractivity contribution in [3.63, 3.8) is 0 Å². The Morgan fingerprint density at radius 1 is 1.38 bits per heavy atom. The van der Waals surface area contributed by atoms with Crippen LogP contribution in [0.25, 0.3) is 11.4 Å². The molecular formula is C15H18N4OS. The van der Waals surface area contributed by atoms with E-state index in [1.54, 1.807) is 18.6 Å². The van der Waals surface area contributed by atoms with Gasteiger partial charge in [0.05, 0.1) is 11.8 Å². The highest BCUT2D eigenvalue weighted by Gasteiger charge is 2.14. The maximum atomic E-state index is 11.6. The Morgan fingerprint density at radius 3 is 2.71 bits per heavy atom. The van der Waals surface area contributed by atoms with Crippen LogP contribution in [0.5, 0.6) is 0 Å². The summed E-state index contributed by atoms with van der Waals surface area (Å²) in [6.07, 6.45) is 7.12. The van der Waals surface area contributed by atoms with E-state index in [2.05, 4.69) is 20.3 Å². The molecule has 2 heterocycles. The number of nitrogens with zero attached hydrogens (tertiary/aromatic N) is 3. The number of nitrogens with one attached hydrogen (secondary N) is 1. The Morgan fingerprint density at radius 2 is 2.10 bits per heavy atom. The number of thioether (sulfide) groups is 1. The van der Waals surface area contributed by atoms with E-state index in [-0.39, 0.29) is 11.9 Å². The Hall–Kier alpha value is -1.95. The van der Waals surface area contributed by atoms with Gasteiger partial charge in [0.1, 0.15) is 0 Å². The van der Waals surface area contributed by atoms with Gasteiger partial charge in [0, 0.05) is 35.4 Å². The minimum absolute atomic E-state index is 0.0209. The van der Waals surface area contributed by atoms with Gasteiger partial charge in [0.25, 0.3) is 0 Å². The lowest BCUT2D eigenvalue weighted by Crippen LogP contribution is -2.28. The van der Waals surface area contributed by atoms with E-state index in [0.29, 0.717) is 11.6 Å². The lowest BCUT2D eigenvalue weighted by molar-refractivity contribution is -0.119. The minimum atomic E-state index is -0.101. The van der Waals surface area contributed by atoms with Crippen LogP contribution in [0, 0.1) is 6.92 Å². The normalized spacial score (nSPS) is 12.0. The first-order valence-electron chi connectivity index (χ1n) is 6.64. The summed E-state index contributed by atoms with van der Waals surface area (Å²) >= 11 is 1.50. The molecule has 2 aromatic rings. The van der Waals surface area contributed by atoms with Crippen molar-refractivity contribution in [3.05, 3.63) is 42.0 Å². The number of amides is 1. The first-order chi connectivity index (χ1) is 10.1. The molecular weight excluding hydrogens is 284 g/mol. The van der Waals surface area contributed by atoms with Crippen molar-refractivity contribution in [2.75, 3.05) is 12.0 Å². The van der Waals surface area contributed by atoms with Gasteiger partial charge in [-0.15, -0.1) is 0 Å². The van der Waals surface area contributed by atoms with Crippen LogP contribution < -0.4 is 5.32 Å². The molecule has 2 rings (SSSR count). The maximum absolute atomic E-state index is 11.6. The molecule has 2 aromatic heterocycles. The van der Waals surface area contributed by atoms with E-state index in [4.69, 9.17) is 0 Å². The number of pyridine rings is 1. The number of aromatic nitrogens is 3. The maximum Gasteiger partial charge on any atom is 0.230 e. The molecule has 6 heteroatoms. The summed E-state index contributed by atoms with van der Waals surface area (Å²) in [7, 11) is 0. The zero-order valence-electron chi connectivity index (χ0n) is 12.3. The van der Waals surface area contributed by atoms with Crippen LogP contribution in [0.3, 0.4) is 0 Å². The van der Waals surface area contributed by atoms with Crippen molar-refractivity contribution in [2.24, 2.45) is 0 Å². The van der Waals surface area contributed by atoms with E-state index in [1.165, 1.54) is 11.8 Å². The third-order valence-electron chi connectivity index (χ3n) is 3.08. The fraction of sp³-hybridized carbons (Fsp3) is 0.333. The molecule has 0 radical (unpaired) electrons. The summed E-state index contributed by atoms with van der Waals surface area (Å²) in [4.78, 5) is 24.5.